The summed E-state index contributed by atoms with van der Waals surface area (Å²) < 4.78 is 0. The van der Waals surface area contributed by atoms with Crippen LogP contribution in [-0.4, -0.2) is 4.98 Å². The summed E-state index contributed by atoms with van der Waals surface area (Å²) >= 11 is 0. The Balaban J connectivity index is 0.000000741. The summed E-state index contributed by atoms with van der Waals surface area (Å²) in [5.74, 6) is 0. The number of pyridine rings is 1. The van der Waals surface area contributed by atoms with E-state index in [9.17, 15) is 0 Å². The fourth-order valence-electron chi connectivity index (χ4n) is 2.55. The highest BCUT2D eigenvalue weighted by Crippen LogP contribution is 2.36. The second kappa shape index (κ2) is 7.67. The quantitative estimate of drug-likeness (QED) is 0.596. The minimum absolute atomic E-state index is 0.439. The average molecular weight is 263 g/mol. The number of hydrogen-bond acceptors (Lipinski definition) is 1. The SMILES string of the molecule is CC.CC.Cc1nc2c(c(C)c1C)CCC(C)(C)C2. The lowest BCUT2D eigenvalue weighted by atomic mass is 9.75. The molecule has 19 heavy (non-hydrogen) atoms. The van der Waals surface area contributed by atoms with Gasteiger partial charge in [-0.3, -0.25) is 4.98 Å². The van der Waals surface area contributed by atoms with E-state index < -0.39 is 0 Å². The molecule has 0 fully saturated rings. The first-order chi connectivity index (χ1) is 8.91. The molecule has 1 aliphatic rings. The van der Waals surface area contributed by atoms with Crippen molar-refractivity contribution in [2.24, 2.45) is 5.41 Å². The number of nitrogens with zero attached hydrogens (tertiary/aromatic N) is 1. The molecule has 0 atom stereocenters. The molecule has 0 spiro atoms. The molecule has 1 heterocycles. The van der Waals surface area contributed by atoms with E-state index in [2.05, 4.69) is 34.6 Å². The Morgan fingerprint density at radius 2 is 1.42 bits per heavy atom. The number of hydrogen-bond donors (Lipinski definition) is 0. The van der Waals surface area contributed by atoms with Crippen LogP contribution in [0.5, 0.6) is 0 Å². The summed E-state index contributed by atoms with van der Waals surface area (Å²) in [5.41, 5.74) is 7.39. The number of aromatic nitrogens is 1. The maximum absolute atomic E-state index is 4.77. The molecule has 0 saturated heterocycles. The fourth-order valence-corrected chi connectivity index (χ4v) is 2.55. The first-order valence-corrected chi connectivity index (χ1v) is 7.86. The van der Waals surface area contributed by atoms with Crippen LogP contribution in [-0.2, 0) is 12.8 Å². The van der Waals surface area contributed by atoms with Gasteiger partial charge in [0.2, 0.25) is 0 Å². The van der Waals surface area contributed by atoms with Crippen LogP contribution in [0.4, 0.5) is 0 Å². The largest absolute Gasteiger partial charge is 0.258 e. The van der Waals surface area contributed by atoms with Gasteiger partial charge in [0.25, 0.3) is 0 Å². The van der Waals surface area contributed by atoms with Gasteiger partial charge < -0.3 is 0 Å². The third-order valence-electron chi connectivity index (χ3n) is 3.91. The lowest BCUT2D eigenvalue weighted by molar-refractivity contribution is 0.309. The number of fused-ring (bicyclic) bond motifs is 1. The van der Waals surface area contributed by atoms with Gasteiger partial charge in [0.1, 0.15) is 0 Å². The van der Waals surface area contributed by atoms with Crippen LogP contribution in [0.2, 0.25) is 0 Å². The summed E-state index contributed by atoms with van der Waals surface area (Å²) in [6, 6.07) is 0. The second-order valence-electron chi connectivity index (χ2n) is 5.71. The molecule has 0 radical (unpaired) electrons. The van der Waals surface area contributed by atoms with Gasteiger partial charge in [-0.05, 0) is 62.1 Å². The van der Waals surface area contributed by atoms with E-state index in [0.717, 1.165) is 6.42 Å². The van der Waals surface area contributed by atoms with Gasteiger partial charge in [-0.2, -0.15) is 0 Å². The molecular weight excluding hydrogens is 230 g/mol. The standard InChI is InChI=1S/C14H21N.2C2H6/c1-9-10(2)12-6-7-14(4,5)8-13(12)15-11(9)3;2*1-2/h6-8H2,1-5H3;2*1-2H3. The van der Waals surface area contributed by atoms with Crippen LogP contribution in [0.15, 0.2) is 0 Å². The number of aryl methyl sites for hydroxylation is 1. The smallest absolute Gasteiger partial charge is 0.0446 e. The Hall–Kier alpha value is -0.850. The Bertz CT molecular complexity index is 403. The van der Waals surface area contributed by atoms with E-state index >= 15 is 0 Å². The monoisotopic (exact) mass is 263 g/mol. The van der Waals surface area contributed by atoms with Crippen molar-refractivity contribution in [2.75, 3.05) is 0 Å². The zero-order valence-corrected chi connectivity index (χ0v) is 14.6. The lowest BCUT2D eigenvalue weighted by Crippen LogP contribution is -2.24. The third kappa shape index (κ3) is 4.33. The van der Waals surface area contributed by atoms with E-state index in [4.69, 9.17) is 4.98 Å². The molecule has 0 N–H and O–H groups in total. The van der Waals surface area contributed by atoms with Crippen LogP contribution in [0, 0.1) is 26.2 Å². The van der Waals surface area contributed by atoms with E-state index in [0.29, 0.717) is 5.41 Å². The van der Waals surface area contributed by atoms with E-state index in [1.165, 1.54) is 40.9 Å². The second-order valence-corrected chi connectivity index (χ2v) is 5.71. The van der Waals surface area contributed by atoms with Crippen molar-refractivity contribution in [1.82, 2.24) is 4.98 Å². The van der Waals surface area contributed by atoms with Gasteiger partial charge in [0.05, 0.1) is 0 Å². The number of rotatable bonds is 0. The highest BCUT2D eigenvalue weighted by molar-refractivity contribution is 5.40. The summed E-state index contributed by atoms with van der Waals surface area (Å²) in [5, 5.41) is 0. The zero-order chi connectivity index (χ0) is 15.2. The third-order valence-corrected chi connectivity index (χ3v) is 3.91. The van der Waals surface area contributed by atoms with Gasteiger partial charge in [0.15, 0.2) is 0 Å². The predicted octanol–water partition coefficient (Wildman–Crippen LogP) is 5.57. The molecule has 2 rings (SSSR count). The minimum atomic E-state index is 0.439. The lowest BCUT2D eigenvalue weighted by Gasteiger charge is -2.32. The molecule has 0 aliphatic heterocycles. The topological polar surface area (TPSA) is 12.9 Å². The van der Waals surface area contributed by atoms with Crippen LogP contribution in [0.3, 0.4) is 0 Å². The molecule has 1 aromatic heterocycles. The van der Waals surface area contributed by atoms with Crippen molar-refractivity contribution in [1.29, 1.82) is 0 Å². The van der Waals surface area contributed by atoms with Gasteiger partial charge in [-0.25, -0.2) is 0 Å². The van der Waals surface area contributed by atoms with E-state index in [1.54, 1.807) is 0 Å². The molecular formula is C18H33N. The van der Waals surface area contributed by atoms with Crippen molar-refractivity contribution in [3.63, 3.8) is 0 Å². The van der Waals surface area contributed by atoms with Gasteiger partial charge in [0, 0.05) is 11.4 Å². The fraction of sp³-hybridized carbons (Fsp3) is 0.722. The highest BCUT2D eigenvalue weighted by atomic mass is 14.7. The highest BCUT2D eigenvalue weighted by Gasteiger charge is 2.27. The Labute approximate surface area is 120 Å². The molecule has 1 heteroatoms. The van der Waals surface area contributed by atoms with Gasteiger partial charge >= 0.3 is 0 Å². The molecule has 1 aromatic rings. The first kappa shape index (κ1) is 18.1. The Kier molecular flexibility index (Phi) is 7.33. The van der Waals surface area contributed by atoms with Crippen molar-refractivity contribution >= 4 is 0 Å². The molecule has 1 nitrogen and oxygen atoms in total. The van der Waals surface area contributed by atoms with Crippen LogP contribution < -0.4 is 0 Å². The molecule has 0 saturated carbocycles. The van der Waals surface area contributed by atoms with Crippen LogP contribution in [0.1, 0.15) is 76.0 Å². The van der Waals surface area contributed by atoms with E-state index in [-0.39, 0.29) is 0 Å². The molecule has 0 aromatic carbocycles. The molecule has 1 aliphatic carbocycles. The van der Waals surface area contributed by atoms with Crippen molar-refractivity contribution in [3.8, 4) is 0 Å². The average Bonchev–Trinajstić information content (AvgIpc) is 2.39. The van der Waals surface area contributed by atoms with E-state index in [1.807, 2.05) is 27.7 Å². The maximum atomic E-state index is 4.77. The molecule has 110 valence electrons. The molecule has 0 unspecified atom stereocenters. The van der Waals surface area contributed by atoms with Gasteiger partial charge in [-0.1, -0.05) is 41.5 Å². The zero-order valence-electron chi connectivity index (χ0n) is 14.6. The minimum Gasteiger partial charge on any atom is -0.258 e. The molecule has 0 bridgehead atoms. The summed E-state index contributed by atoms with van der Waals surface area (Å²) in [4.78, 5) is 4.77. The summed E-state index contributed by atoms with van der Waals surface area (Å²) in [6.07, 6.45) is 3.65. The van der Waals surface area contributed by atoms with Crippen molar-refractivity contribution < 1.29 is 0 Å². The summed E-state index contributed by atoms with van der Waals surface area (Å²) in [7, 11) is 0. The van der Waals surface area contributed by atoms with Crippen molar-refractivity contribution in [2.45, 2.75) is 81.6 Å². The van der Waals surface area contributed by atoms with Gasteiger partial charge in [-0.15, -0.1) is 0 Å². The Morgan fingerprint density at radius 3 is 1.95 bits per heavy atom. The normalized spacial score (nSPS) is 15.4. The van der Waals surface area contributed by atoms with Crippen molar-refractivity contribution in [3.05, 3.63) is 28.1 Å². The predicted molar refractivity (Wildman–Crippen MR) is 87.0 cm³/mol. The Morgan fingerprint density at radius 1 is 0.895 bits per heavy atom. The van der Waals surface area contributed by atoms with Crippen LogP contribution >= 0.6 is 0 Å². The molecule has 0 amide bonds. The summed E-state index contributed by atoms with van der Waals surface area (Å²) in [6.45, 7) is 19.3. The maximum Gasteiger partial charge on any atom is 0.0446 e. The first-order valence-electron chi connectivity index (χ1n) is 7.86. The van der Waals surface area contributed by atoms with Crippen LogP contribution in [0.25, 0.3) is 0 Å².